The lowest BCUT2D eigenvalue weighted by molar-refractivity contribution is 0.360. The second kappa shape index (κ2) is 9.70. The number of fused-ring (bicyclic) bond motifs is 5. The molecular weight excluding hydrogens is 546 g/mol. The Morgan fingerprint density at radius 1 is 0.488 bits per heavy atom. The Kier molecular flexibility index (Phi) is 5.69. The van der Waals surface area contributed by atoms with E-state index in [9.17, 15) is 0 Å². The van der Waals surface area contributed by atoms with Crippen molar-refractivity contribution in [2.24, 2.45) is 0 Å². The standard InChI is InChI=1S/C36H22ClNO2S/c37-30-21-24(20-29-28-10-4-7-13-35(28)41-36(29)30)23-14-16-26(17-15-23)38(25-8-2-1-3-9-25)27-18-19-33-34(22-27)40-32-12-6-5-11-31(32)39-33/h1-22H. The Balaban J connectivity index is 1.19. The van der Waals surface area contributed by atoms with Gasteiger partial charge in [0.2, 0.25) is 0 Å². The molecule has 8 rings (SSSR count). The highest BCUT2D eigenvalue weighted by molar-refractivity contribution is 7.26. The van der Waals surface area contributed by atoms with Crippen LogP contribution < -0.4 is 14.4 Å². The molecule has 0 aliphatic carbocycles. The van der Waals surface area contributed by atoms with E-state index in [1.807, 2.05) is 54.6 Å². The number of thiophene rings is 1. The molecule has 1 aliphatic heterocycles. The molecule has 0 spiro atoms. The largest absolute Gasteiger partial charge is 0.450 e. The van der Waals surface area contributed by atoms with E-state index in [1.54, 1.807) is 11.3 Å². The lowest BCUT2D eigenvalue weighted by Crippen LogP contribution is -2.10. The van der Waals surface area contributed by atoms with E-state index in [2.05, 4.69) is 83.8 Å². The van der Waals surface area contributed by atoms with Gasteiger partial charge in [-0.3, -0.25) is 0 Å². The first-order valence-corrected chi connectivity index (χ1v) is 14.6. The van der Waals surface area contributed by atoms with Gasteiger partial charge in [0.1, 0.15) is 0 Å². The zero-order valence-electron chi connectivity index (χ0n) is 21.8. The monoisotopic (exact) mass is 567 g/mol. The van der Waals surface area contributed by atoms with E-state index in [0.29, 0.717) is 17.2 Å². The third-order valence-electron chi connectivity index (χ3n) is 7.38. The molecule has 0 N–H and O–H groups in total. The number of anilines is 3. The van der Waals surface area contributed by atoms with Gasteiger partial charge in [0.25, 0.3) is 0 Å². The summed E-state index contributed by atoms with van der Waals surface area (Å²) in [6, 6.07) is 45.5. The Hall–Kier alpha value is -4.77. The van der Waals surface area contributed by atoms with Crippen molar-refractivity contribution in [2.75, 3.05) is 4.90 Å². The zero-order valence-corrected chi connectivity index (χ0v) is 23.3. The van der Waals surface area contributed by atoms with Crippen molar-refractivity contribution in [2.45, 2.75) is 0 Å². The topological polar surface area (TPSA) is 21.7 Å². The Bertz CT molecular complexity index is 2070. The Morgan fingerprint density at radius 3 is 1.93 bits per heavy atom. The predicted octanol–water partition coefficient (Wildman–Crippen LogP) is 11.7. The van der Waals surface area contributed by atoms with Gasteiger partial charge in [-0.1, -0.05) is 72.3 Å². The van der Waals surface area contributed by atoms with Crippen LogP contribution in [0.5, 0.6) is 23.0 Å². The quantitative estimate of drug-likeness (QED) is 0.211. The van der Waals surface area contributed by atoms with Gasteiger partial charge in [-0.15, -0.1) is 11.3 Å². The minimum absolute atomic E-state index is 0.685. The van der Waals surface area contributed by atoms with Crippen molar-refractivity contribution in [1.29, 1.82) is 0 Å². The SMILES string of the molecule is Clc1cc(-c2ccc(N(c3ccccc3)c3ccc4c(c3)Oc3ccccc3O4)cc2)cc2c1sc1ccccc12. The van der Waals surface area contributed by atoms with Crippen LogP contribution in [-0.2, 0) is 0 Å². The summed E-state index contributed by atoms with van der Waals surface area (Å²) in [5.41, 5.74) is 5.26. The highest BCUT2D eigenvalue weighted by Crippen LogP contribution is 2.48. The van der Waals surface area contributed by atoms with Crippen molar-refractivity contribution >= 4 is 60.2 Å². The molecule has 6 aromatic carbocycles. The first-order chi connectivity index (χ1) is 20.2. The van der Waals surface area contributed by atoms with Crippen LogP contribution in [0.4, 0.5) is 17.1 Å². The second-order valence-electron chi connectivity index (χ2n) is 9.93. The number of benzene rings is 6. The molecule has 1 aliphatic rings. The molecule has 5 heteroatoms. The molecule has 0 unspecified atom stereocenters. The molecule has 0 saturated heterocycles. The highest BCUT2D eigenvalue weighted by Gasteiger charge is 2.21. The average molecular weight is 568 g/mol. The molecule has 0 fully saturated rings. The average Bonchev–Trinajstić information content (AvgIpc) is 3.40. The summed E-state index contributed by atoms with van der Waals surface area (Å²) in [7, 11) is 0. The molecule has 2 heterocycles. The van der Waals surface area contributed by atoms with E-state index < -0.39 is 0 Å². The number of ether oxygens (including phenoxy) is 2. The minimum atomic E-state index is 0.685. The lowest BCUT2D eigenvalue weighted by atomic mass is 10.0. The van der Waals surface area contributed by atoms with E-state index in [4.69, 9.17) is 21.1 Å². The Morgan fingerprint density at radius 2 is 1.12 bits per heavy atom. The number of hydrogen-bond donors (Lipinski definition) is 0. The molecule has 0 bridgehead atoms. The Labute approximate surface area is 246 Å². The lowest BCUT2D eigenvalue weighted by Gasteiger charge is -2.27. The maximum atomic E-state index is 6.80. The van der Waals surface area contributed by atoms with Gasteiger partial charge in [0.15, 0.2) is 23.0 Å². The molecule has 0 amide bonds. The summed E-state index contributed by atoms with van der Waals surface area (Å²) < 4.78 is 14.7. The van der Waals surface area contributed by atoms with Crippen LogP contribution in [0.2, 0.25) is 5.02 Å². The summed E-state index contributed by atoms with van der Waals surface area (Å²) >= 11 is 8.54. The molecule has 0 radical (unpaired) electrons. The third kappa shape index (κ3) is 4.20. The fourth-order valence-corrected chi connectivity index (χ4v) is 6.86. The van der Waals surface area contributed by atoms with Crippen molar-refractivity contribution < 1.29 is 9.47 Å². The van der Waals surface area contributed by atoms with Gasteiger partial charge in [-0.05, 0) is 77.9 Å². The van der Waals surface area contributed by atoms with Crippen LogP contribution in [-0.4, -0.2) is 0 Å². The van der Waals surface area contributed by atoms with E-state index in [0.717, 1.165) is 43.7 Å². The molecule has 196 valence electrons. The molecule has 41 heavy (non-hydrogen) atoms. The normalized spacial score (nSPS) is 11.9. The van der Waals surface area contributed by atoms with E-state index in [-0.39, 0.29) is 0 Å². The predicted molar refractivity (Wildman–Crippen MR) is 171 cm³/mol. The number of para-hydroxylation sites is 3. The van der Waals surface area contributed by atoms with Crippen molar-refractivity contribution in [1.82, 2.24) is 0 Å². The van der Waals surface area contributed by atoms with Crippen LogP contribution in [0, 0.1) is 0 Å². The van der Waals surface area contributed by atoms with Crippen LogP contribution in [0.15, 0.2) is 133 Å². The minimum Gasteiger partial charge on any atom is -0.450 e. The molecule has 1 aromatic heterocycles. The maximum absolute atomic E-state index is 6.80. The van der Waals surface area contributed by atoms with Crippen LogP contribution in [0.3, 0.4) is 0 Å². The molecule has 7 aromatic rings. The van der Waals surface area contributed by atoms with Gasteiger partial charge in [-0.25, -0.2) is 0 Å². The summed E-state index contributed by atoms with van der Waals surface area (Å²) in [6.07, 6.45) is 0. The number of rotatable bonds is 4. The summed E-state index contributed by atoms with van der Waals surface area (Å²) in [4.78, 5) is 2.22. The van der Waals surface area contributed by atoms with Crippen molar-refractivity contribution in [3.63, 3.8) is 0 Å². The van der Waals surface area contributed by atoms with Gasteiger partial charge >= 0.3 is 0 Å². The number of hydrogen-bond acceptors (Lipinski definition) is 4. The number of halogens is 1. The molecular formula is C36H22ClNO2S. The molecule has 0 saturated carbocycles. The zero-order chi connectivity index (χ0) is 27.3. The third-order valence-corrected chi connectivity index (χ3v) is 9.01. The summed E-state index contributed by atoms with van der Waals surface area (Å²) in [6.45, 7) is 0. The number of nitrogens with zero attached hydrogens (tertiary/aromatic N) is 1. The van der Waals surface area contributed by atoms with Crippen molar-refractivity contribution in [3.8, 4) is 34.1 Å². The van der Waals surface area contributed by atoms with Crippen LogP contribution in [0.1, 0.15) is 0 Å². The van der Waals surface area contributed by atoms with Gasteiger partial charge in [-0.2, -0.15) is 0 Å². The fraction of sp³-hybridized carbons (Fsp3) is 0. The highest BCUT2D eigenvalue weighted by atomic mass is 35.5. The fourth-order valence-electron chi connectivity index (χ4n) is 5.43. The summed E-state index contributed by atoms with van der Waals surface area (Å²) in [5, 5.41) is 3.22. The first kappa shape index (κ1) is 24.1. The van der Waals surface area contributed by atoms with Gasteiger partial charge in [0, 0.05) is 32.9 Å². The summed E-state index contributed by atoms with van der Waals surface area (Å²) in [5.74, 6) is 2.81. The van der Waals surface area contributed by atoms with E-state index in [1.165, 1.54) is 15.5 Å². The molecule has 3 nitrogen and oxygen atoms in total. The smallest absolute Gasteiger partial charge is 0.172 e. The van der Waals surface area contributed by atoms with Gasteiger partial charge < -0.3 is 14.4 Å². The van der Waals surface area contributed by atoms with Crippen LogP contribution >= 0.6 is 22.9 Å². The first-order valence-electron chi connectivity index (χ1n) is 13.4. The van der Waals surface area contributed by atoms with Crippen LogP contribution in [0.25, 0.3) is 31.3 Å². The van der Waals surface area contributed by atoms with E-state index >= 15 is 0 Å². The van der Waals surface area contributed by atoms with Gasteiger partial charge in [0.05, 0.1) is 15.4 Å². The maximum Gasteiger partial charge on any atom is 0.172 e. The second-order valence-corrected chi connectivity index (χ2v) is 11.4. The molecule has 0 atom stereocenters. The van der Waals surface area contributed by atoms with Crippen molar-refractivity contribution in [3.05, 3.63) is 138 Å².